The second-order valence-electron chi connectivity index (χ2n) is 6.78. The van der Waals surface area contributed by atoms with Crippen LogP contribution in [0.4, 0.5) is 0 Å². The summed E-state index contributed by atoms with van der Waals surface area (Å²) in [5, 5.41) is 3.61. The zero-order valence-electron chi connectivity index (χ0n) is 15.6. The number of benzene rings is 1. The number of amides is 1. The van der Waals surface area contributed by atoms with Gasteiger partial charge >= 0.3 is 0 Å². The molecule has 142 valence electrons. The molecule has 6 nitrogen and oxygen atoms in total. The van der Waals surface area contributed by atoms with Gasteiger partial charge in [0.2, 0.25) is 5.91 Å². The number of para-hydroxylation sites is 1. The fraction of sp³-hybridized carbons (Fsp3) is 0.350. The van der Waals surface area contributed by atoms with Crippen LogP contribution in [-0.2, 0) is 17.9 Å². The predicted octanol–water partition coefficient (Wildman–Crippen LogP) is 3.44. The molecular formula is C20H23N3O3S. The van der Waals surface area contributed by atoms with Crippen molar-refractivity contribution in [2.75, 3.05) is 0 Å². The maximum absolute atomic E-state index is 12.9. The lowest BCUT2D eigenvalue weighted by atomic mass is 10.2. The van der Waals surface area contributed by atoms with E-state index in [-0.39, 0.29) is 17.4 Å². The molecule has 2 aromatic heterocycles. The first-order chi connectivity index (χ1) is 13.0. The van der Waals surface area contributed by atoms with Gasteiger partial charge in [-0.3, -0.25) is 14.2 Å². The number of thioether (sulfide) groups is 1. The lowest BCUT2D eigenvalue weighted by Crippen LogP contribution is -2.32. The van der Waals surface area contributed by atoms with Crippen molar-refractivity contribution in [3.63, 3.8) is 0 Å². The Morgan fingerprint density at radius 1 is 1.22 bits per heavy atom. The van der Waals surface area contributed by atoms with Crippen LogP contribution in [0.25, 0.3) is 10.9 Å². The van der Waals surface area contributed by atoms with Crippen LogP contribution >= 0.6 is 11.8 Å². The largest absolute Gasteiger partial charge is 0.467 e. The van der Waals surface area contributed by atoms with E-state index in [1.165, 1.54) is 11.8 Å². The van der Waals surface area contributed by atoms with E-state index in [1.807, 2.05) is 31.2 Å². The molecule has 0 saturated carbocycles. The Morgan fingerprint density at radius 2 is 2.00 bits per heavy atom. The molecule has 3 rings (SSSR count). The van der Waals surface area contributed by atoms with Crippen LogP contribution in [0.15, 0.2) is 57.0 Å². The normalized spacial score (nSPS) is 12.4. The number of aromatic nitrogens is 2. The number of nitrogens with one attached hydrogen (secondary N) is 1. The van der Waals surface area contributed by atoms with Gasteiger partial charge in [-0.2, -0.15) is 0 Å². The predicted molar refractivity (Wildman–Crippen MR) is 107 cm³/mol. The number of rotatable bonds is 7. The Kier molecular flexibility index (Phi) is 6.01. The second kappa shape index (κ2) is 8.43. The summed E-state index contributed by atoms with van der Waals surface area (Å²) in [7, 11) is 0. The van der Waals surface area contributed by atoms with Crippen molar-refractivity contribution in [3.8, 4) is 0 Å². The molecule has 0 saturated heterocycles. The molecule has 0 aliphatic heterocycles. The van der Waals surface area contributed by atoms with Gasteiger partial charge in [-0.25, -0.2) is 4.98 Å². The Hall–Kier alpha value is -2.54. The molecule has 0 bridgehead atoms. The molecule has 0 radical (unpaired) electrons. The van der Waals surface area contributed by atoms with Crippen LogP contribution in [0.2, 0.25) is 0 Å². The van der Waals surface area contributed by atoms with Gasteiger partial charge < -0.3 is 9.73 Å². The smallest absolute Gasteiger partial charge is 0.262 e. The summed E-state index contributed by atoms with van der Waals surface area (Å²) < 4.78 is 6.90. The van der Waals surface area contributed by atoms with E-state index < -0.39 is 5.25 Å². The summed E-state index contributed by atoms with van der Waals surface area (Å²) in [6, 6.07) is 10.9. The monoisotopic (exact) mass is 385 g/mol. The van der Waals surface area contributed by atoms with E-state index >= 15 is 0 Å². The Labute approximate surface area is 162 Å². The fourth-order valence-corrected chi connectivity index (χ4v) is 3.65. The van der Waals surface area contributed by atoms with Crippen molar-refractivity contribution < 1.29 is 9.21 Å². The summed E-state index contributed by atoms with van der Waals surface area (Å²) >= 11 is 1.30. The van der Waals surface area contributed by atoms with Crippen LogP contribution < -0.4 is 10.9 Å². The second-order valence-corrected chi connectivity index (χ2v) is 8.09. The van der Waals surface area contributed by atoms with Crippen LogP contribution in [0.3, 0.4) is 0 Å². The topological polar surface area (TPSA) is 77.1 Å². The molecular weight excluding hydrogens is 362 g/mol. The molecule has 1 aromatic carbocycles. The molecule has 0 unspecified atom stereocenters. The van der Waals surface area contributed by atoms with Gasteiger partial charge in [-0.1, -0.05) is 37.7 Å². The highest BCUT2D eigenvalue weighted by Crippen LogP contribution is 2.23. The highest BCUT2D eigenvalue weighted by atomic mass is 32.2. The molecule has 0 spiro atoms. The van der Waals surface area contributed by atoms with Crippen LogP contribution in [0, 0.1) is 5.92 Å². The van der Waals surface area contributed by atoms with E-state index in [4.69, 9.17) is 4.42 Å². The van der Waals surface area contributed by atoms with E-state index in [1.54, 1.807) is 23.0 Å². The standard InChI is InChI=1S/C20H23N3O3S/c1-13(2)12-23-19(25)16-8-4-5-9-17(16)22-20(23)27-14(3)18(24)21-11-15-7-6-10-26-15/h4-10,13-14H,11-12H2,1-3H3,(H,21,24)/t14-/m1/s1. The van der Waals surface area contributed by atoms with Crippen molar-refractivity contribution in [2.24, 2.45) is 5.92 Å². The van der Waals surface area contributed by atoms with Gasteiger partial charge in [0.25, 0.3) is 5.56 Å². The van der Waals surface area contributed by atoms with Gasteiger partial charge in [0.1, 0.15) is 5.76 Å². The number of carbonyl (C=O) groups is 1. The molecule has 0 aliphatic carbocycles. The van der Waals surface area contributed by atoms with Gasteiger partial charge in [-0.15, -0.1) is 0 Å². The summed E-state index contributed by atoms with van der Waals surface area (Å²) in [5.41, 5.74) is 0.577. The first-order valence-electron chi connectivity index (χ1n) is 8.92. The Morgan fingerprint density at radius 3 is 2.70 bits per heavy atom. The minimum Gasteiger partial charge on any atom is -0.467 e. The fourth-order valence-electron chi connectivity index (χ4n) is 2.71. The van der Waals surface area contributed by atoms with E-state index in [0.717, 1.165) is 0 Å². The minimum absolute atomic E-state index is 0.0695. The van der Waals surface area contributed by atoms with Gasteiger partial charge in [0.15, 0.2) is 5.16 Å². The number of carbonyl (C=O) groups excluding carboxylic acids is 1. The number of nitrogens with zero attached hydrogens (tertiary/aromatic N) is 2. The van der Waals surface area contributed by atoms with Gasteiger partial charge in [-0.05, 0) is 37.1 Å². The summed E-state index contributed by atoms with van der Waals surface area (Å²) in [6.45, 7) is 6.80. The lowest BCUT2D eigenvalue weighted by molar-refractivity contribution is -0.120. The minimum atomic E-state index is -0.397. The SMILES string of the molecule is CC(C)Cn1c(S[C@H](C)C(=O)NCc2ccco2)nc2ccccc2c1=O. The maximum Gasteiger partial charge on any atom is 0.262 e. The third-order valence-corrected chi connectivity index (χ3v) is 5.13. The number of fused-ring (bicyclic) bond motifs is 1. The van der Waals surface area contributed by atoms with Crippen LogP contribution in [-0.4, -0.2) is 20.7 Å². The lowest BCUT2D eigenvalue weighted by Gasteiger charge is -2.17. The summed E-state index contributed by atoms with van der Waals surface area (Å²) in [5.74, 6) is 0.851. The first-order valence-corrected chi connectivity index (χ1v) is 9.80. The first kappa shape index (κ1) is 19.2. The van der Waals surface area contributed by atoms with E-state index in [9.17, 15) is 9.59 Å². The summed E-state index contributed by atoms with van der Waals surface area (Å²) in [4.78, 5) is 30.0. The molecule has 1 N–H and O–H groups in total. The van der Waals surface area contributed by atoms with Crippen LogP contribution in [0.1, 0.15) is 26.5 Å². The zero-order chi connectivity index (χ0) is 19.4. The average Bonchev–Trinajstić information content (AvgIpc) is 3.16. The van der Waals surface area contributed by atoms with E-state index in [0.29, 0.717) is 34.9 Å². The summed E-state index contributed by atoms with van der Waals surface area (Å²) in [6.07, 6.45) is 1.57. The number of hydrogen-bond acceptors (Lipinski definition) is 5. The molecule has 7 heteroatoms. The molecule has 2 heterocycles. The third kappa shape index (κ3) is 4.60. The molecule has 27 heavy (non-hydrogen) atoms. The average molecular weight is 385 g/mol. The van der Waals surface area contributed by atoms with E-state index in [2.05, 4.69) is 24.1 Å². The Bertz CT molecular complexity index is 980. The van der Waals surface area contributed by atoms with Crippen molar-refractivity contribution in [2.45, 2.75) is 44.3 Å². The third-order valence-electron chi connectivity index (χ3n) is 4.04. The van der Waals surface area contributed by atoms with Crippen molar-refractivity contribution in [1.82, 2.24) is 14.9 Å². The Balaban J connectivity index is 1.83. The van der Waals surface area contributed by atoms with Gasteiger partial charge in [0, 0.05) is 6.54 Å². The highest BCUT2D eigenvalue weighted by molar-refractivity contribution is 8.00. The highest BCUT2D eigenvalue weighted by Gasteiger charge is 2.20. The van der Waals surface area contributed by atoms with Crippen molar-refractivity contribution in [3.05, 3.63) is 58.8 Å². The molecule has 0 aliphatic rings. The molecule has 0 fully saturated rings. The number of hydrogen-bond donors (Lipinski definition) is 1. The van der Waals surface area contributed by atoms with Crippen molar-refractivity contribution in [1.29, 1.82) is 0 Å². The molecule has 3 aromatic rings. The molecule has 1 amide bonds. The van der Waals surface area contributed by atoms with Gasteiger partial charge in [0.05, 0.1) is 29.0 Å². The van der Waals surface area contributed by atoms with Crippen LogP contribution in [0.5, 0.6) is 0 Å². The molecule has 1 atom stereocenters. The number of furan rings is 1. The quantitative estimate of drug-likeness (QED) is 0.498. The zero-order valence-corrected chi connectivity index (χ0v) is 16.5. The maximum atomic E-state index is 12.9. The van der Waals surface area contributed by atoms with Crippen molar-refractivity contribution >= 4 is 28.6 Å².